The van der Waals surface area contributed by atoms with E-state index in [1.54, 1.807) is 0 Å². The lowest BCUT2D eigenvalue weighted by Gasteiger charge is -2.28. The van der Waals surface area contributed by atoms with Crippen molar-refractivity contribution < 1.29 is 10.2 Å². The van der Waals surface area contributed by atoms with Crippen LogP contribution in [-0.4, -0.2) is 23.4 Å². The molecule has 0 heterocycles. The molecule has 0 unspecified atom stereocenters. The highest BCUT2D eigenvalue weighted by molar-refractivity contribution is 4.75. The van der Waals surface area contributed by atoms with E-state index in [2.05, 4.69) is 6.92 Å². The lowest BCUT2D eigenvalue weighted by molar-refractivity contribution is 0.0417. The Hall–Kier alpha value is -0.0800. The largest absolute Gasteiger partial charge is 0.396 e. The molecule has 0 aromatic rings. The normalized spacial score (nSPS) is 12.0. The number of unbranched alkanes of at least 4 members (excludes halogenated alkanes) is 2. The first-order valence-corrected chi connectivity index (χ1v) is 4.96. The van der Waals surface area contributed by atoms with Gasteiger partial charge in [-0.25, -0.2) is 0 Å². The summed E-state index contributed by atoms with van der Waals surface area (Å²) < 4.78 is 0. The minimum Gasteiger partial charge on any atom is -0.396 e. The molecule has 0 aromatic heterocycles. The summed E-state index contributed by atoms with van der Waals surface area (Å²) in [5.74, 6) is 0. The van der Waals surface area contributed by atoms with E-state index in [1.165, 1.54) is 12.8 Å². The van der Waals surface area contributed by atoms with Gasteiger partial charge in [-0.2, -0.15) is 0 Å². The molecule has 0 aromatic carbocycles. The predicted molar refractivity (Wildman–Crippen MR) is 51.0 cm³/mol. The van der Waals surface area contributed by atoms with Gasteiger partial charge in [0.25, 0.3) is 0 Å². The van der Waals surface area contributed by atoms with E-state index in [9.17, 15) is 0 Å². The van der Waals surface area contributed by atoms with Crippen LogP contribution in [0.3, 0.4) is 0 Å². The summed E-state index contributed by atoms with van der Waals surface area (Å²) in [7, 11) is 0. The zero-order chi connectivity index (χ0) is 9.45. The van der Waals surface area contributed by atoms with Gasteiger partial charge in [0.1, 0.15) is 0 Å². The number of aliphatic hydroxyl groups excluding tert-OH is 2. The first kappa shape index (κ1) is 11.9. The van der Waals surface area contributed by atoms with Gasteiger partial charge < -0.3 is 10.2 Å². The van der Waals surface area contributed by atoms with Crippen LogP contribution in [0.15, 0.2) is 0 Å². The minimum absolute atomic E-state index is 0.115. The van der Waals surface area contributed by atoms with Gasteiger partial charge >= 0.3 is 0 Å². The lowest BCUT2D eigenvalue weighted by atomic mass is 9.82. The van der Waals surface area contributed by atoms with Crippen LogP contribution in [0, 0.1) is 5.41 Å². The van der Waals surface area contributed by atoms with Crippen LogP contribution in [-0.2, 0) is 0 Å². The lowest BCUT2D eigenvalue weighted by Crippen LogP contribution is -2.28. The van der Waals surface area contributed by atoms with E-state index in [1.807, 2.05) is 6.92 Å². The summed E-state index contributed by atoms with van der Waals surface area (Å²) in [6.07, 6.45) is 5.32. The average molecular weight is 174 g/mol. The molecule has 0 amide bonds. The van der Waals surface area contributed by atoms with E-state index < -0.39 is 0 Å². The zero-order valence-corrected chi connectivity index (χ0v) is 8.34. The van der Waals surface area contributed by atoms with Crippen molar-refractivity contribution in [3.05, 3.63) is 0 Å². The van der Waals surface area contributed by atoms with Crippen molar-refractivity contribution in [1.29, 1.82) is 0 Å². The van der Waals surface area contributed by atoms with Crippen LogP contribution in [0.1, 0.15) is 46.0 Å². The molecule has 0 fully saturated rings. The summed E-state index contributed by atoms with van der Waals surface area (Å²) in [5.41, 5.74) is -0.213. The SMILES string of the molecule is CCCCCC(CC)(CO)CO. The number of rotatable bonds is 7. The molecule has 0 atom stereocenters. The van der Waals surface area contributed by atoms with Crippen LogP contribution in [0.25, 0.3) is 0 Å². The maximum atomic E-state index is 9.12. The van der Waals surface area contributed by atoms with Gasteiger partial charge in [0.05, 0.1) is 13.2 Å². The first-order chi connectivity index (χ1) is 5.74. The van der Waals surface area contributed by atoms with Crippen LogP contribution >= 0.6 is 0 Å². The van der Waals surface area contributed by atoms with E-state index in [4.69, 9.17) is 10.2 Å². The second-order valence-electron chi connectivity index (χ2n) is 3.63. The second kappa shape index (κ2) is 6.44. The van der Waals surface area contributed by atoms with E-state index in [-0.39, 0.29) is 18.6 Å². The fourth-order valence-electron chi connectivity index (χ4n) is 1.36. The van der Waals surface area contributed by atoms with Crippen LogP contribution in [0.5, 0.6) is 0 Å². The summed E-state index contributed by atoms with van der Waals surface area (Å²) >= 11 is 0. The summed E-state index contributed by atoms with van der Waals surface area (Å²) in [6, 6.07) is 0. The van der Waals surface area contributed by atoms with Gasteiger partial charge in [0.15, 0.2) is 0 Å². The van der Waals surface area contributed by atoms with Crippen molar-refractivity contribution in [3.63, 3.8) is 0 Å². The van der Waals surface area contributed by atoms with Gasteiger partial charge in [-0.3, -0.25) is 0 Å². The predicted octanol–water partition coefficient (Wildman–Crippen LogP) is 1.95. The Morgan fingerprint density at radius 1 is 1.00 bits per heavy atom. The quantitative estimate of drug-likeness (QED) is 0.579. The molecule has 0 aliphatic rings. The van der Waals surface area contributed by atoms with Gasteiger partial charge in [-0.05, 0) is 12.8 Å². The van der Waals surface area contributed by atoms with Crippen molar-refractivity contribution in [2.24, 2.45) is 5.41 Å². The maximum absolute atomic E-state index is 9.12. The Bertz CT molecular complexity index is 89.7. The number of aliphatic hydroxyl groups is 2. The highest BCUT2D eigenvalue weighted by atomic mass is 16.3. The zero-order valence-electron chi connectivity index (χ0n) is 8.34. The molecule has 2 nitrogen and oxygen atoms in total. The van der Waals surface area contributed by atoms with Crippen molar-refractivity contribution in [1.82, 2.24) is 0 Å². The standard InChI is InChI=1S/C10H22O2/c1-3-5-6-7-10(4-2,8-11)9-12/h11-12H,3-9H2,1-2H3. The van der Waals surface area contributed by atoms with Gasteiger partial charge in [-0.15, -0.1) is 0 Å². The fourth-order valence-corrected chi connectivity index (χ4v) is 1.36. The molecule has 12 heavy (non-hydrogen) atoms. The maximum Gasteiger partial charge on any atom is 0.0509 e. The molecule has 2 N–H and O–H groups in total. The molecule has 0 aliphatic carbocycles. The molecule has 74 valence electrons. The molecule has 0 bridgehead atoms. The van der Waals surface area contributed by atoms with E-state index in [0.717, 1.165) is 19.3 Å². The van der Waals surface area contributed by atoms with Crippen LogP contribution in [0.2, 0.25) is 0 Å². The minimum atomic E-state index is -0.213. The van der Waals surface area contributed by atoms with Crippen molar-refractivity contribution in [2.75, 3.05) is 13.2 Å². The third-order valence-electron chi connectivity index (χ3n) is 2.73. The Kier molecular flexibility index (Phi) is 6.39. The van der Waals surface area contributed by atoms with E-state index >= 15 is 0 Å². The van der Waals surface area contributed by atoms with Crippen molar-refractivity contribution in [2.45, 2.75) is 46.0 Å². The monoisotopic (exact) mass is 174 g/mol. The van der Waals surface area contributed by atoms with E-state index in [0.29, 0.717) is 0 Å². The summed E-state index contributed by atoms with van der Waals surface area (Å²) in [5, 5.41) is 18.2. The highest BCUT2D eigenvalue weighted by Gasteiger charge is 2.25. The number of hydrogen-bond acceptors (Lipinski definition) is 2. The van der Waals surface area contributed by atoms with Gasteiger partial charge in [0, 0.05) is 5.41 Å². The molecule has 0 rings (SSSR count). The smallest absolute Gasteiger partial charge is 0.0509 e. The number of hydrogen-bond donors (Lipinski definition) is 2. The molecule has 0 aliphatic heterocycles. The summed E-state index contributed by atoms with van der Waals surface area (Å²) in [6.45, 7) is 4.41. The summed E-state index contributed by atoms with van der Waals surface area (Å²) in [4.78, 5) is 0. The Labute approximate surface area is 75.6 Å². The Balaban J connectivity index is 3.76. The molecular formula is C10H22O2. The van der Waals surface area contributed by atoms with Crippen molar-refractivity contribution >= 4 is 0 Å². The molecule has 0 radical (unpaired) electrons. The van der Waals surface area contributed by atoms with Gasteiger partial charge in [-0.1, -0.05) is 33.1 Å². The topological polar surface area (TPSA) is 40.5 Å². The molecule has 0 saturated heterocycles. The Morgan fingerprint density at radius 3 is 1.92 bits per heavy atom. The van der Waals surface area contributed by atoms with Crippen LogP contribution in [0.4, 0.5) is 0 Å². The third-order valence-corrected chi connectivity index (χ3v) is 2.73. The second-order valence-corrected chi connectivity index (χ2v) is 3.63. The molecule has 0 spiro atoms. The molecular weight excluding hydrogens is 152 g/mol. The average Bonchev–Trinajstić information content (AvgIpc) is 2.14. The Morgan fingerprint density at radius 2 is 1.58 bits per heavy atom. The highest BCUT2D eigenvalue weighted by Crippen LogP contribution is 2.27. The van der Waals surface area contributed by atoms with Gasteiger partial charge in [0.2, 0.25) is 0 Å². The third kappa shape index (κ3) is 3.55. The van der Waals surface area contributed by atoms with Crippen molar-refractivity contribution in [3.8, 4) is 0 Å². The fraction of sp³-hybridized carbons (Fsp3) is 1.00. The van der Waals surface area contributed by atoms with Crippen LogP contribution < -0.4 is 0 Å². The first-order valence-electron chi connectivity index (χ1n) is 4.96. The molecule has 0 saturated carbocycles. The molecule has 2 heteroatoms.